The van der Waals surface area contributed by atoms with E-state index in [1.54, 1.807) is 0 Å². The molecule has 0 aromatic heterocycles. The summed E-state index contributed by atoms with van der Waals surface area (Å²) in [6.45, 7) is 6.04. The molecule has 2 N–H and O–H groups in total. The van der Waals surface area contributed by atoms with E-state index in [2.05, 4.69) is 42.7 Å². The van der Waals surface area contributed by atoms with Gasteiger partial charge < -0.3 is 10.6 Å². The molecule has 3 nitrogen and oxygen atoms in total. The van der Waals surface area contributed by atoms with Crippen molar-refractivity contribution in [3.8, 4) is 0 Å². The summed E-state index contributed by atoms with van der Waals surface area (Å²) < 4.78 is 0. The van der Waals surface area contributed by atoms with Crippen LogP contribution in [0.4, 0.5) is 0 Å². The fourth-order valence-electron chi connectivity index (χ4n) is 2.12. The summed E-state index contributed by atoms with van der Waals surface area (Å²) in [5.41, 5.74) is 3.97. The maximum Gasteiger partial charge on any atom is 0.220 e. The highest BCUT2D eigenvalue weighted by Crippen LogP contribution is 2.18. The average molecular weight is 260 g/mol. The van der Waals surface area contributed by atoms with Crippen molar-refractivity contribution < 1.29 is 4.79 Å². The van der Waals surface area contributed by atoms with Crippen molar-refractivity contribution in [3.05, 3.63) is 34.9 Å². The average Bonchev–Trinajstić information content (AvgIpc) is 3.17. The van der Waals surface area contributed by atoms with Crippen molar-refractivity contribution in [1.82, 2.24) is 10.6 Å². The van der Waals surface area contributed by atoms with Crippen LogP contribution in [0.1, 0.15) is 42.4 Å². The number of carbonyl (C=O) groups is 1. The van der Waals surface area contributed by atoms with Crippen LogP contribution in [0.5, 0.6) is 0 Å². The zero-order valence-corrected chi connectivity index (χ0v) is 12.0. The first kappa shape index (κ1) is 14.1. The van der Waals surface area contributed by atoms with Crippen molar-refractivity contribution in [2.24, 2.45) is 0 Å². The number of carbonyl (C=O) groups excluding carboxylic acids is 1. The predicted octanol–water partition coefficient (Wildman–Crippen LogP) is 2.45. The Labute approximate surface area is 115 Å². The van der Waals surface area contributed by atoms with Crippen LogP contribution in [0.15, 0.2) is 18.2 Å². The van der Waals surface area contributed by atoms with Gasteiger partial charge in [0.2, 0.25) is 5.91 Å². The molecule has 0 spiro atoms. The van der Waals surface area contributed by atoms with Gasteiger partial charge in [0.05, 0.1) is 0 Å². The molecule has 1 amide bonds. The minimum Gasteiger partial charge on any atom is -0.353 e. The molecule has 0 aliphatic heterocycles. The lowest BCUT2D eigenvalue weighted by Crippen LogP contribution is -2.26. The fraction of sp³-hybridized carbons (Fsp3) is 0.562. The lowest BCUT2D eigenvalue weighted by Gasteiger charge is -2.09. The zero-order chi connectivity index (χ0) is 13.7. The molecule has 2 rings (SSSR count). The summed E-state index contributed by atoms with van der Waals surface area (Å²) in [4.78, 5) is 11.5. The number of amides is 1. The number of aryl methyl sites for hydroxylation is 2. The molecular weight excluding hydrogens is 236 g/mol. The molecule has 0 atom stereocenters. The molecule has 1 aromatic rings. The van der Waals surface area contributed by atoms with Crippen molar-refractivity contribution in [2.45, 2.75) is 52.1 Å². The normalized spacial score (nSPS) is 14.4. The topological polar surface area (TPSA) is 41.1 Å². The quantitative estimate of drug-likeness (QED) is 0.739. The van der Waals surface area contributed by atoms with Gasteiger partial charge in [-0.05, 0) is 50.8 Å². The summed E-state index contributed by atoms with van der Waals surface area (Å²) in [5.74, 6) is 0.205. The van der Waals surface area contributed by atoms with Crippen LogP contribution in [-0.4, -0.2) is 18.5 Å². The standard InChI is InChI=1S/C16H24N2O/c1-12-5-6-13(2)14(10-12)11-17-9-3-4-16(19)18-15-7-8-15/h5-6,10,15,17H,3-4,7-9,11H2,1-2H3,(H,18,19). The van der Waals surface area contributed by atoms with E-state index in [9.17, 15) is 4.79 Å². The van der Waals surface area contributed by atoms with Crippen LogP contribution >= 0.6 is 0 Å². The van der Waals surface area contributed by atoms with Gasteiger partial charge >= 0.3 is 0 Å². The molecule has 1 aromatic carbocycles. The molecule has 0 heterocycles. The maximum atomic E-state index is 11.5. The highest BCUT2D eigenvalue weighted by atomic mass is 16.1. The summed E-state index contributed by atoms with van der Waals surface area (Å²) >= 11 is 0. The van der Waals surface area contributed by atoms with E-state index in [4.69, 9.17) is 0 Å². The first-order chi connectivity index (χ1) is 9.15. The van der Waals surface area contributed by atoms with Gasteiger partial charge in [0, 0.05) is 19.0 Å². The van der Waals surface area contributed by atoms with Crippen LogP contribution in [0.25, 0.3) is 0 Å². The van der Waals surface area contributed by atoms with Crippen molar-refractivity contribution in [3.63, 3.8) is 0 Å². The second-order valence-electron chi connectivity index (χ2n) is 5.55. The van der Waals surface area contributed by atoms with Crippen molar-refractivity contribution in [2.75, 3.05) is 6.54 Å². The van der Waals surface area contributed by atoms with Gasteiger partial charge in [0.15, 0.2) is 0 Å². The van der Waals surface area contributed by atoms with E-state index >= 15 is 0 Å². The molecule has 1 aliphatic rings. The van der Waals surface area contributed by atoms with Gasteiger partial charge in [0.1, 0.15) is 0 Å². The highest BCUT2D eigenvalue weighted by Gasteiger charge is 2.22. The van der Waals surface area contributed by atoms with Gasteiger partial charge in [-0.15, -0.1) is 0 Å². The Morgan fingerprint density at radius 3 is 2.84 bits per heavy atom. The lowest BCUT2D eigenvalue weighted by molar-refractivity contribution is -0.121. The van der Waals surface area contributed by atoms with Crippen LogP contribution in [0.2, 0.25) is 0 Å². The van der Waals surface area contributed by atoms with Gasteiger partial charge in [-0.25, -0.2) is 0 Å². The van der Waals surface area contributed by atoms with Gasteiger partial charge in [-0.1, -0.05) is 23.8 Å². The molecule has 1 saturated carbocycles. The highest BCUT2D eigenvalue weighted by molar-refractivity contribution is 5.76. The van der Waals surface area contributed by atoms with Gasteiger partial charge in [0.25, 0.3) is 0 Å². The summed E-state index contributed by atoms with van der Waals surface area (Å²) in [5, 5.41) is 6.43. The van der Waals surface area contributed by atoms with Crippen LogP contribution < -0.4 is 10.6 Å². The third kappa shape index (κ3) is 5.03. The van der Waals surface area contributed by atoms with Crippen LogP contribution in [0, 0.1) is 13.8 Å². The molecule has 19 heavy (non-hydrogen) atoms. The van der Waals surface area contributed by atoms with Crippen molar-refractivity contribution >= 4 is 5.91 Å². The third-order valence-electron chi connectivity index (χ3n) is 3.52. The molecule has 0 saturated heterocycles. The second-order valence-corrected chi connectivity index (χ2v) is 5.55. The first-order valence-corrected chi connectivity index (χ1v) is 7.21. The Kier molecular flexibility index (Phi) is 4.97. The van der Waals surface area contributed by atoms with Crippen LogP contribution in [0.3, 0.4) is 0 Å². The van der Waals surface area contributed by atoms with E-state index in [-0.39, 0.29) is 5.91 Å². The Hall–Kier alpha value is -1.35. The fourth-order valence-corrected chi connectivity index (χ4v) is 2.12. The Morgan fingerprint density at radius 2 is 2.11 bits per heavy atom. The molecular formula is C16H24N2O. The van der Waals surface area contributed by atoms with E-state index in [0.717, 1.165) is 32.4 Å². The number of rotatable bonds is 7. The van der Waals surface area contributed by atoms with Crippen molar-refractivity contribution in [1.29, 1.82) is 0 Å². The van der Waals surface area contributed by atoms with E-state index in [1.807, 2.05) is 0 Å². The maximum absolute atomic E-state index is 11.5. The molecule has 1 fully saturated rings. The summed E-state index contributed by atoms with van der Waals surface area (Å²) in [7, 11) is 0. The molecule has 0 bridgehead atoms. The van der Waals surface area contributed by atoms with E-state index in [1.165, 1.54) is 16.7 Å². The van der Waals surface area contributed by atoms with E-state index in [0.29, 0.717) is 12.5 Å². The molecule has 0 unspecified atom stereocenters. The molecule has 0 radical (unpaired) electrons. The second kappa shape index (κ2) is 6.71. The molecule has 104 valence electrons. The number of benzene rings is 1. The van der Waals surface area contributed by atoms with Gasteiger partial charge in [-0.3, -0.25) is 4.79 Å². The Bertz CT molecular complexity index is 438. The third-order valence-corrected chi connectivity index (χ3v) is 3.52. The minimum atomic E-state index is 0.205. The Balaban J connectivity index is 1.60. The summed E-state index contributed by atoms with van der Waals surface area (Å²) in [6.07, 6.45) is 3.87. The summed E-state index contributed by atoms with van der Waals surface area (Å²) in [6, 6.07) is 7.01. The minimum absolute atomic E-state index is 0.205. The molecule has 1 aliphatic carbocycles. The van der Waals surface area contributed by atoms with E-state index < -0.39 is 0 Å². The SMILES string of the molecule is Cc1ccc(C)c(CNCCCC(=O)NC2CC2)c1. The predicted molar refractivity (Wildman–Crippen MR) is 78.0 cm³/mol. The largest absolute Gasteiger partial charge is 0.353 e. The smallest absolute Gasteiger partial charge is 0.220 e. The van der Waals surface area contributed by atoms with Gasteiger partial charge in [-0.2, -0.15) is 0 Å². The number of hydrogen-bond donors (Lipinski definition) is 2. The number of hydrogen-bond acceptors (Lipinski definition) is 2. The zero-order valence-electron chi connectivity index (χ0n) is 12.0. The first-order valence-electron chi connectivity index (χ1n) is 7.21. The van der Waals surface area contributed by atoms with Crippen LogP contribution in [-0.2, 0) is 11.3 Å². The Morgan fingerprint density at radius 1 is 1.32 bits per heavy atom. The number of nitrogens with one attached hydrogen (secondary N) is 2. The monoisotopic (exact) mass is 260 g/mol. The molecule has 3 heteroatoms. The lowest BCUT2D eigenvalue weighted by atomic mass is 10.1.